The molecule has 1 aliphatic heterocycles. The molecule has 1 aliphatic rings. The van der Waals surface area contributed by atoms with E-state index in [0.29, 0.717) is 12.4 Å². The summed E-state index contributed by atoms with van der Waals surface area (Å²) in [5.74, 6) is 0.348. The minimum Gasteiger partial charge on any atom is -0.494 e. The normalized spacial score (nSPS) is 28.2. The third-order valence-corrected chi connectivity index (χ3v) is 3.28. The Bertz CT molecular complexity index is 539. The van der Waals surface area contributed by atoms with Crippen LogP contribution in [-0.2, 0) is 4.74 Å². The predicted molar refractivity (Wildman–Crippen MR) is 75.6 cm³/mol. The van der Waals surface area contributed by atoms with Crippen LogP contribution in [0, 0.1) is 10.1 Å². The maximum absolute atomic E-state index is 11.1. The number of ether oxygens (including phenoxy) is 2. The molecule has 1 saturated heterocycles. The molecule has 22 heavy (non-hydrogen) atoms. The van der Waals surface area contributed by atoms with Gasteiger partial charge in [-0.05, 0) is 19.1 Å². The maximum atomic E-state index is 11.1. The van der Waals surface area contributed by atoms with Crippen molar-refractivity contribution in [3.05, 3.63) is 28.3 Å². The number of rotatable bonds is 5. The first-order chi connectivity index (χ1) is 10.4. The van der Waals surface area contributed by atoms with Crippen molar-refractivity contribution in [2.75, 3.05) is 18.5 Å². The minimum absolute atomic E-state index is 0.112. The van der Waals surface area contributed by atoms with Gasteiger partial charge in [-0.2, -0.15) is 0 Å². The topological polar surface area (TPSA) is 134 Å². The fourth-order valence-electron chi connectivity index (χ4n) is 2.13. The summed E-state index contributed by atoms with van der Waals surface area (Å²) in [5.41, 5.74) is -0.136. The molecule has 1 fully saturated rings. The second-order valence-corrected chi connectivity index (χ2v) is 4.82. The quantitative estimate of drug-likeness (QED) is 0.435. The van der Waals surface area contributed by atoms with E-state index in [4.69, 9.17) is 9.47 Å². The Morgan fingerprint density at radius 3 is 2.77 bits per heavy atom. The van der Waals surface area contributed by atoms with Crippen molar-refractivity contribution in [1.29, 1.82) is 0 Å². The summed E-state index contributed by atoms with van der Waals surface area (Å²) in [4.78, 5) is 10.5. The van der Waals surface area contributed by atoms with Gasteiger partial charge in [0.2, 0.25) is 0 Å². The highest BCUT2D eigenvalue weighted by Gasteiger charge is 2.38. The van der Waals surface area contributed by atoms with Gasteiger partial charge in [0, 0.05) is 0 Å². The average Bonchev–Trinajstić information content (AvgIpc) is 2.49. The molecule has 0 aliphatic carbocycles. The van der Waals surface area contributed by atoms with E-state index in [0.717, 1.165) is 0 Å². The molecule has 0 amide bonds. The van der Waals surface area contributed by atoms with Gasteiger partial charge < -0.3 is 30.1 Å². The third-order valence-electron chi connectivity index (χ3n) is 3.28. The standard InChI is InChI=1S/C13H18N2O7/c1-2-21-7-3-4-8(9(5-7)15(19)20)14-13-12(18)11(17)10(16)6-22-13/h3-5,10-14,16-18H,2,6H2,1H3/t10-,11-,12+,13+/m0/s1. The summed E-state index contributed by atoms with van der Waals surface area (Å²) in [6.07, 6.45) is -5.10. The number of nitro groups is 1. The number of hydrogen-bond donors (Lipinski definition) is 4. The van der Waals surface area contributed by atoms with Crippen LogP contribution < -0.4 is 10.1 Å². The zero-order chi connectivity index (χ0) is 16.3. The molecule has 1 aromatic rings. The SMILES string of the molecule is CCOc1ccc(N[C@@H]2OC[C@H](O)[C@H](O)[C@H]2O)c([N+](=O)[O-])c1. The van der Waals surface area contributed by atoms with Gasteiger partial charge in [0.05, 0.1) is 24.2 Å². The molecule has 9 heteroatoms. The molecule has 0 bridgehead atoms. The summed E-state index contributed by atoms with van der Waals surface area (Å²) < 4.78 is 10.4. The summed E-state index contributed by atoms with van der Waals surface area (Å²) in [6, 6.07) is 4.22. The molecular weight excluding hydrogens is 296 g/mol. The van der Waals surface area contributed by atoms with Gasteiger partial charge in [0.15, 0.2) is 6.23 Å². The molecule has 0 unspecified atom stereocenters. The largest absolute Gasteiger partial charge is 0.494 e. The zero-order valence-corrected chi connectivity index (χ0v) is 11.9. The Labute approximate surface area is 126 Å². The van der Waals surface area contributed by atoms with Crippen LogP contribution in [0.25, 0.3) is 0 Å². The van der Waals surface area contributed by atoms with Gasteiger partial charge in [0.25, 0.3) is 5.69 Å². The number of nitrogens with zero attached hydrogens (tertiary/aromatic N) is 1. The molecule has 1 heterocycles. The van der Waals surface area contributed by atoms with E-state index < -0.39 is 29.5 Å². The third kappa shape index (κ3) is 3.45. The van der Waals surface area contributed by atoms with Crippen molar-refractivity contribution >= 4 is 11.4 Å². The Morgan fingerprint density at radius 2 is 2.14 bits per heavy atom. The first kappa shape index (κ1) is 16.4. The van der Waals surface area contributed by atoms with E-state index >= 15 is 0 Å². The molecule has 0 spiro atoms. The van der Waals surface area contributed by atoms with Crippen LogP contribution in [0.4, 0.5) is 11.4 Å². The molecule has 0 radical (unpaired) electrons. The van der Waals surface area contributed by atoms with Gasteiger partial charge in [-0.25, -0.2) is 0 Å². The molecular formula is C13H18N2O7. The number of nitrogens with one attached hydrogen (secondary N) is 1. The number of nitro benzene ring substituents is 1. The van der Waals surface area contributed by atoms with Gasteiger partial charge in [-0.1, -0.05) is 0 Å². The Hall–Kier alpha value is -1.94. The second-order valence-electron chi connectivity index (χ2n) is 4.82. The lowest BCUT2D eigenvalue weighted by Gasteiger charge is -2.35. The number of aliphatic hydroxyl groups is 3. The monoisotopic (exact) mass is 314 g/mol. The second kappa shape index (κ2) is 6.88. The smallest absolute Gasteiger partial charge is 0.296 e. The first-order valence-corrected chi connectivity index (χ1v) is 6.77. The van der Waals surface area contributed by atoms with Crippen LogP contribution in [-0.4, -0.2) is 58.0 Å². The maximum Gasteiger partial charge on any atom is 0.296 e. The highest BCUT2D eigenvalue weighted by molar-refractivity contribution is 5.64. The molecule has 122 valence electrons. The van der Waals surface area contributed by atoms with Crippen LogP contribution in [0.5, 0.6) is 5.75 Å². The van der Waals surface area contributed by atoms with Crippen molar-refractivity contribution in [3.8, 4) is 5.75 Å². The van der Waals surface area contributed by atoms with E-state index in [9.17, 15) is 25.4 Å². The molecule has 2 rings (SSSR count). The van der Waals surface area contributed by atoms with Gasteiger partial charge in [-0.15, -0.1) is 0 Å². The number of aliphatic hydroxyl groups excluding tert-OH is 3. The zero-order valence-electron chi connectivity index (χ0n) is 11.9. The average molecular weight is 314 g/mol. The van der Waals surface area contributed by atoms with Crippen LogP contribution in [0.1, 0.15) is 6.92 Å². The van der Waals surface area contributed by atoms with Gasteiger partial charge in [-0.3, -0.25) is 10.1 Å². The van der Waals surface area contributed by atoms with Crippen molar-refractivity contribution < 1.29 is 29.7 Å². The van der Waals surface area contributed by atoms with Crippen molar-refractivity contribution in [1.82, 2.24) is 0 Å². The van der Waals surface area contributed by atoms with E-state index in [2.05, 4.69) is 5.32 Å². The molecule has 4 atom stereocenters. The number of anilines is 1. The lowest BCUT2D eigenvalue weighted by atomic mass is 10.0. The predicted octanol–water partition coefficient (Wildman–Crippen LogP) is -0.156. The minimum atomic E-state index is -1.42. The lowest BCUT2D eigenvalue weighted by Crippen LogP contribution is -2.55. The lowest BCUT2D eigenvalue weighted by molar-refractivity contribution is -0.384. The number of hydrogen-bond acceptors (Lipinski definition) is 8. The van der Waals surface area contributed by atoms with Gasteiger partial charge >= 0.3 is 0 Å². The van der Waals surface area contributed by atoms with E-state index in [-0.39, 0.29) is 18.0 Å². The molecule has 1 aromatic carbocycles. The fraction of sp³-hybridized carbons (Fsp3) is 0.538. The first-order valence-electron chi connectivity index (χ1n) is 6.77. The fourth-order valence-corrected chi connectivity index (χ4v) is 2.13. The van der Waals surface area contributed by atoms with Crippen molar-refractivity contribution in [2.24, 2.45) is 0 Å². The Balaban J connectivity index is 2.20. The summed E-state index contributed by atoms with van der Waals surface area (Å²) in [5, 5.41) is 42.6. The van der Waals surface area contributed by atoms with Gasteiger partial charge in [0.1, 0.15) is 29.7 Å². The van der Waals surface area contributed by atoms with E-state index in [1.54, 1.807) is 13.0 Å². The Morgan fingerprint density at radius 1 is 1.41 bits per heavy atom. The van der Waals surface area contributed by atoms with Crippen LogP contribution in [0.2, 0.25) is 0 Å². The molecule has 4 N–H and O–H groups in total. The van der Waals surface area contributed by atoms with Crippen LogP contribution in [0.15, 0.2) is 18.2 Å². The summed E-state index contributed by atoms with van der Waals surface area (Å²) in [7, 11) is 0. The summed E-state index contributed by atoms with van der Waals surface area (Å²) in [6.45, 7) is 1.94. The van der Waals surface area contributed by atoms with E-state index in [1.807, 2.05) is 0 Å². The van der Waals surface area contributed by atoms with Crippen molar-refractivity contribution in [3.63, 3.8) is 0 Å². The molecule has 0 aromatic heterocycles. The molecule has 0 saturated carbocycles. The number of benzene rings is 1. The molecule has 9 nitrogen and oxygen atoms in total. The summed E-state index contributed by atoms with van der Waals surface area (Å²) >= 11 is 0. The van der Waals surface area contributed by atoms with Crippen molar-refractivity contribution in [2.45, 2.75) is 31.5 Å². The highest BCUT2D eigenvalue weighted by Crippen LogP contribution is 2.31. The highest BCUT2D eigenvalue weighted by atomic mass is 16.6. The Kier molecular flexibility index (Phi) is 5.14. The van der Waals surface area contributed by atoms with Crippen LogP contribution in [0.3, 0.4) is 0 Å². The van der Waals surface area contributed by atoms with Crippen LogP contribution >= 0.6 is 0 Å². The van der Waals surface area contributed by atoms with E-state index in [1.165, 1.54) is 12.1 Å².